The molecule has 1 unspecified atom stereocenters. The van der Waals surface area contributed by atoms with Crippen molar-refractivity contribution in [3.8, 4) is 16.9 Å². The van der Waals surface area contributed by atoms with E-state index in [0.29, 0.717) is 10.8 Å². The lowest BCUT2D eigenvalue weighted by Gasteiger charge is -2.09. The summed E-state index contributed by atoms with van der Waals surface area (Å²) >= 11 is 6.18. The van der Waals surface area contributed by atoms with Gasteiger partial charge in [0.1, 0.15) is 5.75 Å². The van der Waals surface area contributed by atoms with Crippen LogP contribution in [0, 0.1) is 0 Å². The molecular weight excluding hydrogens is 270 g/mol. The van der Waals surface area contributed by atoms with Crippen LogP contribution in [0.4, 0.5) is 0 Å². The van der Waals surface area contributed by atoms with Crippen molar-refractivity contribution in [3.05, 3.63) is 53.1 Å². The van der Waals surface area contributed by atoms with Gasteiger partial charge in [0, 0.05) is 6.04 Å². The fourth-order valence-corrected chi connectivity index (χ4v) is 2.40. The Hall–Kier alpha value is -1.51. The molecule has 0 radical (unpaired) electrons. The monoisotopic (exact) mass is 289 g/mol. The molecule has 2 aromatic rings. The number of ether oxygens (including phenoxy) is 1. The molecule has 0 heterocycles. The molecule has 0 aliphatic heterocycles. The molecule has 0 aliphatic carbocycles. The molecule has 2 nitrogen and oxygen atoms in total. The highest BCUT2D eigenvalue weighted by Gasteiger charge is 2.05. The minimum Gasteiger partial charge on any atom is -0.495 e. The summed E-state index contributed by atoms with van der Waals surface area (Å²) in [4.78, 5) is 0. The molecule has 0 bridgehead atoms. The summed E-state index contributed by atoms with van der Waals surface area (Å²) in [5, 5.41) is 0.631. The average molecular weight is 290 g/mol. The largest absolute Gasteiger partial charge is 0.495 e. The fourth-order valence-electron chi connectivity index (χ4n) is 2.15. The van der Waals surface area contributed by atoms with Gasteiger partial charge >= 0.3 is 0 Å². The molecule has 0 saturated heterocycles. The van der Waals surface area contributed by atoms with Gasteiger partial charge in [0.2, 0.25) is 0 Å². The first-order chi connectivity index (χ1) is 9.60. The van der Waals surface area contributed by atoms with E-state index in [1.54, 1.807) is 7.11 Å². The molecule has 1 atom stereocenters. The number of hydrogen-bond donors (Lipinski definition) is 1. The first kappa shape index (κ1) is 14.9. The number of aryl methyl sites for hydroxylation is 1. The van der Waals surface area contributed by atoms with E-state index in [9.17, 15) is 0 Å². The maximum atomic E-state index is 6.18. The minimum atomic E-state index is 0.231. The van der Waals surface area contributed by atoms with Crippen LogP contribution >= 0.6 is 11.6 Å². The van der Waals surface area contributed by atoms with Gasteiger partial charge in [-0.15, -0.1) is 0 Å². The second-order valence-electron chi connectivity index (χ2n) is 5.07. The average Bonchev–Trinajstić information content (AvgIpc) is 2.45. The zero-order valence-electron chi connectivity index (χ0n) is 11.9. The topological polar surface area (TPSA) is 35.2 Å². The van der Waals surface area contributed by atoms with E-state index in [1.807, 2.05) is 25.1 Å². The third-order valence-electron chi connectivity index (χ3n) is 3.30. The van der Waals surface area contributed by atoms with Crippen molar-refractivity contribution >= 4 is 11.6 Å². The standard InChI is InChI=1S/C17H20ClNO/c1-12(19)6-7-13-4-3-5-14(10-13)15-8-9-17(20-2)16(18)11-15/h3-5,8-12H,6-7,19H2,1-2H3. The first-order valence-electron chi connectivity index (χ1n) is 6.78. The molecule has 2 N–H and O–H groups in total. The van der Waals surface area contributed by atoms with E-state index in [1.165, 1.54) is 5.56 Å². The minimum absolute atomic E-state index is 0.231. The molecule has 2 aromatic carbocycles. The molecule has 106 valence electrons. The molecule has 20 heavy (non-hydrogen) atoms. The van der Waals surface area contributed by atoms with Crippen molar-refractivity contribution in [1.82, 2.24) is 0 Å². The van der Waals surface area contributed by atoms with Gasteiger partial charge in [0.05, 0.1) is 12.1 Å². The van der Waals surface area contributed by atoms with Gasteiger partial charge in [0.25, 0.3) is 0 Å². The lowest BCUT2D eigenvalue weighted by atomic mass is 10.00. The molecule has 0 aliphatic rings. The molecule has 2 rings (SSSR count). The Balaban J connectivity index is 2.24. The van der Waals surface area contributed by atoms with Crippen LogP contribution in [0.5, 0.6) is 5.75 Å². The van der Waals surface area contributed by atoms with Crippen LogP contribution < -0.4 is 10.5 Å². The maximum Gasteiger partial charge on any atom is 0.137 e. The molecule has 0 aromatic heterocycles. The fraction of sp³-hybridized carbons (Fsp3) is 0.294. The van der Waals surface area contributed by atoms with Crippen LogP contribution in [0.25, 0.3) is 11.1 Å². The third kappa shape index (κ3) is 3.75. The number of nitrogens with two attached hydrogens (primary N) is 1. The smallest absolute Gasteiger partial charge is 0.137 e. The second-order valence-corrected chi connectivity index (χ2v) is 5.47. The Morgan fingerprint density at radius 3 is 2.55 bits per heavy atom. The van der Waals surface area contributed by atoms with Gasteiger partial charge in [-0.1, -0.05) is 41.9 Å². The van der Waals surface area contributed by atoms with Crippen LogP contribution in [0.3, 0.4) is 0 Å². The van der Waals surface area contributed by atoms with Crippen molar-refractivity contribution < 1.29 is 4.74 Å². The van der Waals surface area contributed by atoms with Crippen molar-refractivity contribution in [2.24, 2.45) is 5.73 Å². The SMILES string of the molecule is COc1ccc(-c2cccc(CCC(C)N)c2)cc1Cl. The van der Waals surface area contributed by atoms with Crippen molar-refractivity contribution in [2.45, 2.75) is 25.8 Å². The second kappa shape index (κ2) is 6.78. The molecule has 3 heteroatoms. The predicted octanol–water partition coefficient (Wildman–Crippen LogP) is 4.30. The lowest BCUT2D eigenvalue weighted by Crippen LogP contribution is -2.15. The normalized spacial score (nSPS) is 12.2. The quantitative estimate of drug-likeness (QED) is 0.891. The van der Waals surface area contributed by atoms with Crippen LogP contribution in [-0.4, -0.2) is 13.2 Å². The Morgan fingerprint density at radius 2 is 1.90 bits per heavy atom. The van der Waals surface area contributed by atoms with E-state index in [0.717, 1.165) is 24.0 Å². The third-order valence-corrected chi connectivity index (χ3v) is 3.60. The summed E-state index contributed by atoms with van der Waals surface area (Å²) in [5.74, 6) is 0.698. The van der Waals surface area contributed by atoms with Crippen LogP contribution in [0.2, 0.25) is 5.02 Å². The number of hydrogen-bond acceptors (Lipinski definition) is 2. The van der Waals surface area contributed by atoms with Crippen molar-refractivity contribution in [2.75, 3.05) is 7.11 Å². The molecular formula is C17H20ClNO. The Morgan fingerprint density at radius 1 is 1.15 bits per heavy atom. The van der Waals surface area contributed by atoms with Crippen LogP contribution in [0.1, 0.15) is 18.9 Å². The van der Waals surface area contributed by atoms with E-state index < -0.39 is 0 Å². The first-order valence-corrected chi connectivity index (χ1v) is 7.16. The zero-order chi connectivity index (χ0) is 14.5. The molecule has 0 spiro atoms. The van der Waals surface area contributed by atoms with Crippen LogP contribution in [-0.2, 0) is 6.42 Å². The maximum absolute atomic E-state index is 6.18. The van der Waals surface area contributed by atoms with Gasteiger partial charge in [-0.2, -0.15) is 0 Å². The van der Waals surface area contributed by atoms with Gasteiger partial charge < -0.3 is 10.5 Å². The predicted molar refractivity (Wildman–Crippen MR) is 85.4 cm³/mol. The zero-order valence-corrected chi connectivity index (χ0v) is 12.7. The Bertz CT molecular complexity index is 581. The highest BCUT2D eigenvalue weighted by atomic mass is 35.5. The summed E-state index contributed by atoms with van der Waals surface area (Å²) in [5.41, 5.74) is 9.37. The van der Waals surface area contributed by atoms with Gasteiger partial charge in [-0.25, -0.2) is 0 Å². The van der Waals surface area contributed by atoms with E-state index in [-0.39, 0.29) is 6.04 Å². The summed E-state index contributed by atoms with van der Waals surface area (Å²) in [6.07, 6.45) is 1.99. The number of halogens is 1. The summed E-state index contributed by atoms with van der Waals surface area (Å²) in [6, 6.07) is 14.6. The molecule has 0 amide bonds. The highest BCUT2D eigenvalue weighted by Crippen LogP contribution is 2.30. The van der Waals surface area contributed by atoms with Crippen molar-refractivity contribution in [1.29, 1.82) is 0 Å². The summed E-state index contributed by atoms with van der Waals surface area (Å²) < 4.78 is 5.18. The van der Waals surface area contributed by atoms with Gasteiger partial charge in [0.15, 0.2) is 0 Å². The van der Waals surface area contributed by atoms with E-state index in [4.69, 9.17) is 22.1 Å². The number of methoxy groups -OCH3 is 1. The lowest BCUT2D eigenvalue weighted by molar-refractivity contribution is 0.415. The Kier molecular flexibility index (Phi) is 5.05. The Labute approximate surface area is 125 Å². The van der Waals surface area contributed by atoms with Crippen LogP contribution in [0.15, 0.2) is 42.5 Å². The summed E-state index contributed by atoms with van der Waals surface area (Å²) in [7, 11) is 1.62. The number of rotatable bonds is 5. The van der Waals surface area contributed by atoms with E-state index in [2.05, 4.69) is 24.3 Å². The molecule has 0 saturated carbocycles. The van der Waals surface area contributed by atoms with Gasteiger partial charge in [-0.05, 0) is 48.6 Å². The highest BCUT2D eigenvalue weighted by molar-refractivity contribution is 6.32. The van der Waals surface area contributed by atoms with Gasteiger partial charge in [-0.3, -0.25) is 0 Å². The van der Waals surface area contributed by atoms with E-state index >= 15 is 0 Å². The molecule has 0 fully saturated rings. The number of benzene rings is 2. The summed E-state index contributed by atoms with van der Waals surface area (Å²) in [6.45, 7) is 2.03. The van der Waals surface area contributed by atoms with Crippen molar-refractivity contribution in [3.63, 3.8) is 0 Å².